The number of pyridine rings is 1. The van der Waals surface area contributed by atoms with Crippen LogP contribution in [0.2, 0.25) is 0 Å². The lowest BCUT2D eigenvalue weighted by Gasteiger charge is -2.12. The van der Waals surface area contributed by atoms with E-state index in [0.29, 0.717) is 30.5 Å². The molecule has 30 heavy (non-hydrogen) atoms. The summed E-state index contributed by atoms with van der Waals surface area (Å²) in [5.74, 6) is 1.47. The van der Waals surface area contributed by atoms with E-state index in [2.05, 4.69) is 17.4 Å². The number of carbonyl (C=O) groups excluding carboxylic acids is 1. The summed E-state index contributed by atoms with van der Waals surface area (Å²) >= 11 is 0. The van der Waals surface area contributed by atoms with Gasteiger partial charge in [0.1, 0.15) is 11.5 Å². The van der Waals surface area contributed by atoms with Gasteiger partial charge < -0.3 is 20.2 Å². The Morgan fingerprint density at radius 1 is 1.17 bits per heavy atom. The molecule has 0 spiro atoms. The first-order valence-electron chi connectivity index (χ1n) is 9.84. The molecule has 0 fully saturated rings. The van der Waals surface area contributed by atoms with E-state index in [-0.39, 0.29) is 0 Å². The Kier molecular flexibility index (Phi) is 4.35. The largest absolute Gasteiger partial charge is 0.477 e. The van der Waals surface area contributed by atoms with E-state index in [0.717, 1.165) is 34.4 Å². The van der Waals surface area contributed by atoms with Gasteiger partial charge in [-0.1, -0.05) is 36.4 Å². The van der Waals surface area contributed by atoms with E-state index in [1.165, 1.54) is 5.56 Å². The molecule has 1 aliphatic rings. The quantitative estimate of drug-likeness (QED) is 0.537. The molecule has 4 heterocycles. The molecule has 3 N–H and O–H groups in total. The minimum atomic E-state index is -0.481. The highest BCUT2D eigenvalue weighted by molar-refractivity contribution is 5.94. The molecule has 7 nitrogen and oxygen atoms in total. The highest BCUT2D eigenvalue weighted by Gasteiger charge is 2.24. The van der Waals surface area contributed by atoms with Crippen molar-refractivity contribution in [2.45, 2.75) is 19.9 Å². The number of nitrogens with two attached hydrogens (primary N) is 1. The molecule has 0 saturated heterocycles. The average molecular weight is 399 g/mol. The summed E-state index contributed by atoms with van der Waals surface area (Å²) in [6.45, 7) is 3.22. The fourth-order valence-electron chi connectivity index (χ4n) is 3.91. The topological polar surface area (TPSA) is 94.5 Å². The normalized spacial score (nSPS) is 12.6. The zero-order valence-corrected chi connectivity index (χ0v) is 16.6. The molecular formula is C23H21N5O2. The Bertz CT molecular complexity index is 1260. The number of nitrogens with one attached hydrogen (secondary N) is 1. The molecule has 0 aliphatic carbocycles. The SMILES string of the molecule is Cc1cn2c(C(N)=O)cccc2c1-c1nc(NCc2ccccc2)c2c(n1)OCC2. The summed E-state index contributed by atoms with van der Waals surface area (Å²) in [5.41, 5.74) is 10.8. The van der Waals surface area contributed by atoms with Gasteiger partial charge in [0, 0.05) is 24.7 Å². The van der Waals surface area contributed by atoms with Crippen LogP contribution in [-0.4, -0.2) is 26.9 Å². The highest BCUT2D eigenvalue weighted by atomic mass is 16.5. The van der Waals surface area contributed by atoms with Crippen LogP contribution in [0.5, 0.6) is 5.88 Å². The summed E-state index contributed by atoms with van der Waals surface area (Å²) in [4.78, 5) is 21.4. The van der Waals surface area contributed by atoms with Crippen LogP contribution in [0.1, 0.15) is 27.2 Å². The lowest BCUT2D eigenvalue weighted by Crippen LogP contribution is -2.14. The maximum absolute atomic E-state index is 11.8. The Balaban J connectivity index is 1.61. The molecule has 1 amide bonds. The molecule has 150 valence electrons. The van der Waals surface area contributed by atoms with Crippen LogP contribution < -0.4 is 15.8 Å². The molecule has 3 aromatic heterocycles. The van der Waals surface area contributed by atoms with Crippen molar-refractivity contribution < 1.29 is 9.53 Å². The number of primary amides is 1. The van der Waals surface area contributed by atoms with Crippen LogP contribution in [-0.2, 0) is 13.0 Å². The van der Waals surface area contributed by atoms with E-state index in [9.17, 15) is 4.79 Å². The molecule has 0 radical (unpaired) electrons. The van der Waals surface area contributed by atoms with Gasteiger partial charge in [0.2, 0.25) is 5.88 Å². The molecule has 0 atom stereocenters. The maximum atomic E-state index is 11.8. The molecule has 0 unspecified atom stereocenters. The van der Waals surface area contributed by atoms with Crippen LogP contribution in [0.4, 0.5) is 5.82 Å². The van der Waals surface area contributed by atoms with Gasteiger partial charge in [0.25, 0.3) is 5.91 Å². The van der Waals surface area contributed by atoms with Crippen molar-refractivity contribution in [1.82, 2.24) is 14.4 Å². The predicted molar refractivity (Wildman–Crippen MR) is 115 cm³/mol. The minimum absolute atomic E-state index is 0.418. The zero-order valence-electron chi connectivity index (χ0n) is 16.6. The second-order valence-electron chi connectivity index (χ2n) is 7.33. The number of fused-ring (bicyclic) bond motifs is 2. The van der Waals surface area contributed by atoms with Crippen molar-refractivity contribution in [3.63, 3.8) is 0 Å². The summed E-state index contributed by atoms with van der Waals surface area (Å²) in [6.07, 6.45) is 2.66. The number of aryl methyl sites for hydroxylation is 1. The van der Waals surface area contributed by atoms with Gasteiger partial charge in [0.15, 0.2) is 5.82 Å². The number of anilines is 1. The van der Waals surface area contributed by atoms with E-state index >= 15 is 0 Å². The number of hydrogen-bond acceptors (Lipinski definition) is 5. The number of hydrogen-bond donors (Lipinski definition) is 2. The number of ether oxygens (including phenoxy) is 1. The van der Waals surface area contributed by atoms with Gasteiger partial charge in [-0.3, -0.25) is 4.79 Å². The molecule has 4 aromatic rings. The first kappa shape index (κ1) is 18.2. The first-order valence-corrected chi connectivity index (χ1v) is 9.84. The Morgan fingerprint density at radius 3 is 2.80 bits per heavy atom. The first-order chi connectivity index (χ1) is 14.6. The van der Waals surface area contributed by atoms with Gasteiger partial charge in [-0.25, -0.2) is 4.98 Å². The standard InChI is InChI=1S/C23H21N5O2/c1-14-13-28-17(8-5-9-18(28)20(24)29)19(14)22-26-21(16-10-11-30-23(16)27-22)25-12-15-6-3-2-4-7-15/h2-9,13H,10-12H2,1H3,(H2,24,29)(H,25,26,27). The lowest BCUT2D eigenvalue weighted by atomic mass is 10.1. The molecule has 1 aromatic carbocycles. The average Bonchev–Trinajstić information content (AvgIpc) is 3.35. The maximum Gasteiger partial charge on any atom is 0.265 e. The van der Waals surface area contributed by atoms with E-state index in [1.807, 2.05) is 43.5 Å². The number of aromatic nitrogens is 3. The molecule has 5 rings (SSSR count). The molecule has 0 bridgehead atoms. The third-order valence-corrected chi connectivity index (χ3v) is 5.34. The van der Waals surface area contributed by atoms with Crippen LogP contribution in [0.25, 0.3) is 16.9 Å². The summed E-state index contributed by atoms with van der Waals surface area (Å²) in [5, 5.41) is 3.45. The Morgan fingerprint density at radius 2 is 2.00 bits per heavy atom. The van der Waals surface area contributed by atoms with Crippen molar-refractivity contribution in [3.8, 4) is 17.3 Å². The zero-order chi connectivity index (χ0) is 20.7. The number of rotatable bonds is 5. The van der Waals surface area contributed by atoms with Gasteiger partial charge in [-0.05, 0) is 30.2 Å². The van der Waals surface area contributed by atoms with Crippen LogP contribution in [0.15, 0.2) is 54.7 Å². The fourth-order valence-corrected chi connectivity index (χ4v) is 3.91. The highest BCUT2D eigenvalue weighted by Crippen LogP contribution is 2.35. The molecule has 1 aliphatic heterocycles. The second kappa shape index (κ2) is 7.18. The monoisotopic (exact) mass is 399 g/mol. The van der Waals surface area contributed by atoms with Gasteiger partial charge >= 0.3 is 0 Å². The van der Waals surface area contributed by atoms with Crippen LogP contribution in [0.3, 0.4) is 0 Å². The number of benzene rings is 1. The summed E-state index contributed by atoms with van der Waals surface area (Å²) in [6, 6.07) is 15.6. The van der Waals surface area contributed by atoms with Gasteiger partial charge in [0.05, 0.1) is 17.7 Å². The summed E-state index contributed by atoms with van der Waals surface area (Å²) < 4.78 is 7.56. The van der Waals surface area contributed by atoms with Crippen LogP contribution in [0, 0.1) is 6.92 Å². The van der Waals surface area contributed by atoms with Crippen molar-refractivity contribution in [3.05, 3.63) is 77.1 Å². The Hall–Kier alpha value is -3.87. The van der Waals surface area contributed by atoms with Gasteiger partial charge in [-0.15, -0.1) is 0 Å². The number of amides is 1. The van der Waals surface area contributed by atoms with Crippen molar-refractivity contribution in [2.24, 2.45) is 5.73 Å². The van der Waals surface area contributed by atoms with Crippen LogP contribution >= 0.6 is 0 Å². The van der Waals surface area contributed by atoms with Crippen molar-refractivity contribution >= 4 is 17.2 Å². The Labute approximate surface area is 173 Å². The predicted octanol–water partition coefficient (Wildman–Crippen LogP) is 3.35. The summed E-state index contributed by atoms with van der Waals surface area (Å²) in [7, 11) is 0. The van der Waals surface area contributed by atoms with E-state index in [1.54, 1.807) is 10.5 Å². The molecular weight excluding hydrogens is 378 g/mol. The van der Waals surface area contributed by atoms with Crippen molar-refractivity contribution in [2.75, 3.05) is 11.9 Å². The van der Waals surface area contributed by atoms with Crippen molar-refractivity contribution in [1.29, 1.82) is 0 Å². The fraction of sp³-hybridized carbons (Fsp3) is 0.174. The van der Waals surface area contributed by atoms with E-state index in [4.69, 9.17) is 20.4 Å². The number of nitrogens with zero attached hydrogens (tertiary/aromatic N) is 3. The third-order valence-electron chi connectivity index (χ3n) is 5.34. The third kappa shape index (κ3) is 3.04. The minimum Gasteiger partial charge on any atom is -0.477 e. The molecule has 0 saturated carbocycles. The smallest absolute Gasteiger partial charge is 0.265 e. The van der Waals surface area contributed by atoms with Gasteiger partial charge in [-0.2, -0.15) is 4.98 Å². The molecule has 7 heteroatoms. The van der Waals surface area contributed by atoms with E-state index < -0.39 is 5.91 Å². The number of carbonyl (C=O) groups is 1. The lowest BCUT2D eigenvalue weighted by molar-refractivity contribution is 0.0994. The second-order valence-corrected chi connectivity index (χ2v) is 7.33.